The van der Waals surface area contributed by atoms with Crippen molar-refractivity contribution in [2.45, 2.75) is 43.9 Å². The molecule has 5 heterocycles. The van der Waals surface area contributed by atoms with Crippen LogP contribution < -0.4 is 10.2 Å². The topological polar surface area (TPSA) is 53.9 Å². The molecule has 0 amide bonds. The number of nitrogens with one attached hydrogen (secondary N) is 1. The smallest absolute Gasteiger partial charge is 0.190 e. The van der Waals surface area contributed by atoms with E-state index in [4.69, 9.17) is 21.6 Å². The Balaban J connectivity index is 0.000000814. The first-order valence-corrected chi connectivity index (χ1v) is 11.4. The molecule has 26 heavy (non-hydrogen) atoms. The normalized spacial score (nSPS) is 21.9. The Kier molecular flexibility index (Phi) is 5.23. The fraction of sp³-hybridized carbons (Fsp3) is 0.500. The number of thiophene rings is 1. The van der Waals surface area contributed by atoms with Crippen LogP contribution in [0.15, 0.2) is 17.4 Å². The van der Waals surface area contributed by atoms with E-state index in [-0.39, 0.29) is 0 Å². The van der Waals surface area contributed by atoms with E-state index in [1.54, 1.807) is 29.3 Å². The molecule has 8 heteroatoms. The number of anilines is 1. The maximum Gasteiger partial charge on any atom is 0.190 e. The van der Waals surface area contributed by atoms with Gasteiger partial charge in [0.05, 0.1) is 10.1 Å². The maximum atomic E-state index is 6.32. The van der Waals surface area contributed by atoms with Crippen LogP contribution in [0, 0.1) is 0 Å². The lowest BCUT2D eigenvalue weighted by Crippen LogP contribution is -2.51. The van der Waals surface area contributed by atoms with Crippen molar-refractivity contribution in [3.05, 3.63) is 17.4 Å². The van der Waals surface area contributed by atoms with Gasteiger partial charge in [-0.3, -0.25) is 0 Å². The Hall–Kier alpha value is -1.15. The summed E-state index contributed by atoms with van der Waals surface area (Å²) in [5.41, 5.74) is 0. The van der Waals surface area contributed by atoms with E-state index in [0.29, 0.717) is 17.2 Å². The summed E-state index contributed by atoms with van der Waals surface area (Å²) in [7, 11) is 0. The van der Waals surface area contributed by atoms with Crippen molar-refractivity contribution in [2.75, 3.05) is 24.2 Å². The Morgan fingerprint density at radius 2 is 1.96 bits per heavy atom. The van der Waals surface area contributed by atoms with E-state index >= 15 is 0 Å². The van der Waals surface area contributed by atoms with Gasteiger partial charge in [0.25, 0.3) is 0 Å². The molecule has 2 aliphatic heterocycles. The lowest BCUT2D eigenvalue weighted by Gasteiger charge is -2.34. The van der Waals surface area contributed by atoms with Gasteiger partial charge in [-0.2, -0.15) is 0 Å². The van der Waals surface area contributed by atoms with E-state index in [2.05, 4.69) is 15.2 Å². The third-order valence-electron chi connectivity index (χ3n) is 4.86. The molecule has 2 saturated heterocycles. The van der Waals surface area contributed by atoms with Crippen LogP contribution in [0.5, 0.6) is 0 Å². The van der Waals surface area contributed by atoms with Crippen LogP contribution in [-0.2, 0) is 0 Å². The minimum Gasteiger partial charge on any atom is -0.353 e. The lowest BCUT2D eigenvalue weighted by atomic mass is 10.2. The van der Waals surface area contributed by atoms with Gasteiger partial charge >= 0.3 is 0 Å². The first kappa shape index (κ1) is 18.2. The minimum absolute atomic E-state index is 0.549. The molecule has 0 radical (unpaired) electrons. The monoisotopic (exact) mass is 407 g/mol. The van der Waals surface area contributed by atoms with E-state index < -0.39 is 0 Å². The predicted molar refractivity (Wildman–Crippen MR) is 113 cm³/mol. The van der Waals surface area contributed by atoms with Crippen molar-refractivity contribution in [3.8, 4) is 0 Å². The Morgan fingerprint density at radius 1 is 1.23 bits per heavy atom. The second kappa shape index (κ2) is 7.46. The molecule has 3 aromatic heterocycles. The first-order chi connectivity index (χ1) is 12.7. The maximum absolute atomic E-state index is 6.32. The fourth-order valence-electron chi connectivity index (χ4n) is 3.82. The first-order valence-electron chi connectivity index (χ1n) is 9.02. The summed E-state index contributed by atoms with van der Waals surface area (Å²) in [4.78, 5) is 17.3. The summed E-state index contributed by atoms with van der Waals surface area (Å²) in [6.45, 7) is 6.01. The highest BCUT2D eigenvalue weighted by molar-refractivity contribution is 7.98. The van der Waals surface area contributed by atoms with E-state index in [1.165, 1.54) is 12.8 Å². The number of fused-ring (bicyclic) bond motifs is 5. The molecule has 2 unspecified atom stereocenters. The van der Waals surface area contributed by atoms with E-state index in [9.17, 15) is 0 Å². The van der Waals surface area contributed by atoms with E-state index in [0.717, 1.165) is 44.4 Å². The molecule has 2 aliphatic rings. The zero-order valence-corrected chi connectivity index (χ0v) is 17.5. The van der Waals surface area contributed by atoms with Crippen LogP contribution in [0.3, 0.4) is 0 Å². The summed E-state index contributed by atoms with van der Waals surface area (Å²) in [6.07, 6.45) is 6.30. The molecule has 0 saturated carbocycles. The zero-order chi connectivity index (χ0) is 18.3. The van der Waals surface area contributed by atoms with Gasteiger partial charge in [0.1, 0.15) is 15.8 Å². The molecule has 2 fully saturated rings. The average molecular weight is 408 g/mol. The van der Waals surface area contributed by atoms with Gasteiger partial charge < -0.3 is 10.2 Å². The van der Waals surface area contributed by atoms with Crippen molar-refractivity contribution < 1.29 is 0 Å². The van der Waals surface area contributed by atoms with Crippen LogP contribution in [0.25, 0.3) is 20.3 Å². The van der Waals surface area contributed by atoms with Crippen molar-refractivity contribution in [3.63, 3.8) is 0 Å². The number of hydrogen-bond donors (Lipinski definition) is 1. The number of thioether (sulfide) groups is 1. The average Bonchev–Trinajstić information content (AvgIpc) is 3.22. The standard InChI is InChI=1S/C16H16ClN5S2.C2H6/c1-23-16-20-14(22-6-8-2-3-9(7-22)19-8)11-10-4-5-18-13(17)12(10)24-15(11)21-16;1-2/h4-5,8-9,19H,2-3,6-7H2,1H3;1-2H3. The van der Waals surface area contributed by atoms with Gasteiger partial charge in [-0.05, 0) is 25.2 Å². The lowest BCUT2D eigenvalue weighted by molar-refractivity contribution is 0.463. The highest BCUT2D eigenvalue weighted by atomic mass is 35.5. The highest BCUT2D eigenvalue weighted by Crippen LogP contribution is 2.41. The number of piperazine rings is 1. The summed E-state index contributed by atoms with van der Waals surface area (Å²) in [5.74, 6) is 1.05. The zero-order valence-electron chi connectivity index (χ0n) is 15.1. The second-order valence-electron chi connectivity index (χ2n) is 6.34. The predicted octanol–water partition coefficient (Wildman–Crippen LogP) is 4.58. The number of rotatable bonds is 2. The van der Waals surface area contributed by atoms with Crippen LogP contribution in [0.2, 0.25) is 5.15 Å². The minimum atomic E-state index is 0.549. The molecule has 2 bridgehead atoms. The van der Waals surface area contributed by atoms with Crippen LogP contribution in [-0.4, -0.2) is 46.4 Å². The molecule has 138 valence electrons. The molecule has 5 nitrogen and oxygen atoms in total. The number of halogens is 1. The summed E-state index contributed by atoms with van der Waals surface area (Å²) in [6, 6.07) is 3.17. The van der Waals surface area contributed by atoms with Crippen molar-refractivity contribution in [2.24, 2.45) is 0 Å². The fourth-order valence-corrected chi connectivity index (χ4v) is 5.56. The summed E-state index contributed by atoms with van der Waals surface area (Å²) >= 11 is 9.52. The van der Waals surface area contributed by atoms with Crippen molar-refractivity contribution in [1.82, 2.24) is 20.3 Å². The molecule has 0 aromatic carbocycles. The third-order valence-corrected chi connectivity index (χ3v) is 6.92. The van der Waals surface area contributed by atoms with Gasteiger partial charge in [-0.1, -0.05) is 37.2 Å². The van der Waals surface area contributed by atoms with Crippen molar-refractivity contribution in [1.29, 1.82) is 0 Å². The van der Waals surface area contributed by atoms with Crippen LogP contribution >= 0.6 is 34.7 Å². The molecule has 0 spiro atoms. The number of hydrogen-bond acceptors (Lipinski definition) is 7. The molecule has 5 rings (SSSR count). The number of aromatic nitrogens is 3. The van der Waals surface area contributed by atoms with Crippen LogP contribution in [0.4, 0.5) is 5.82 Å². The summed E-state index contributed by atoms with van der Waals surface area (Å²) < 4.78 is 1.00. The Bertz CT molecular complexity index is 932. The molecule has 0 aliphatic carbocycles. The van der Waals surface area contributed by atoms with Crippen molar-refractivity contribution >= 4 is 60.8 Å². The highest BCUT2D eigenvalue weighted by Gasteiger charge is 2.34. The quantitative estimate of drug-likeness (QED) is 0.381. The van der Waals surface area contributed by atoms with Crippen LogP contribution in [0.1, 0.15) is 26.7 Å². The molecule has 2 atom stereocenters. The van der Waals surface area contributed by atoms with Gasteiger partial charge in [0.15, 0.2) is 5.16 Å². The Labute approximate surface area is 166 Å². The SMILES string of the molecule is CC.CSc1nc(N2CC3CCC(C2)N3)c2c(n1)sc1c(Cl)nccc12. The van der Waals surface area contributed by atoms with E-state index in [1.807, 2.05) is 26.2 Å². The van der Waals surface area contributed by atoms with Gasteiger partial charge in [0, 0.05) is 36.8 Å². The number of pyridine rings is 1. The molecular weight excluding hydrogens is 386 g/mol. The molecule has 1 N–H and O–H groups in total. The third kappa shape index (κ3) is 3.05. The van der Waals surface area contributed by atoms with Gasteiger partial charge in [-0.25, -0.2) is 15.0 Å². The Morgan fingerprint density at radius 3 is 2.65 bits per heavy atom. The van der Waals surface area contributed by atoms with Gasteiger partial charge in [-0.15, -0.1) is 11.3 Å². The largest absolute Gasteiger partial charge is 0.353 e. The van der Waals surface area contributed by atoms with Gasteiger partial charge in [0.2, 0.25) is 0 Å². The second-order valence-corrected chi connectivity index (χ2v) is 8.47. The number of nitrogens with zero attached hydrogens (tertiary/aromatic N) is 4. The molecule has 3 aromatic rings. The molecular formula is C18H22ClN5S2. The summed E-state index contributed by atoms with van der Waals surface area (Å²) in [5, 5.41) is 7.29.